The maximum atomic E-state index is 5.79. The fourth-order valence-corrected chi connectivity index (χ4v) is 6.70. The lowest BCUT2D eigenvalue weighted by molar-refractivity contribution is -0.0539. The Labute approximate surface area is 171 Å². The Morgan fingerprint density at radius 2 is 2.07 bits per heavy atom. The fraction of sp³-hybridized carbons (Fsp3) is 0.682. The number of aromatic nitrogens is 1. The van der Waals surface area contributed by atoms with Crippen LogP contribution < -0.4 is 4.90 Å². The molecule has 3 aliphatic rings. The molecule has 0 unspecified atom stereocenters. The molecule has 0 N–H and O–H groups in total. The van der Waals surface area contributed by atoms with Crippen LogP contribution in [0, 0.1) is 11.3 Å². The van der Waals surface area contributed by atoms with Gasteiger partial charge in [0.25, 0.3) is 0 Å². The van der Waals surface area contributed by atoms with E-state index in [1.807, 2.05) is 18.4 Å². The Kier molecular flexibility index (Phi) is 5.30. The number of hydrogen-bond acceptors (Lipinski definition) is 6. The average molecular weight is 402 g/mol. The predicted octanol–water partition coefficient (Wildman–Crippen LogP) is 3.64. The molecule has 1 aromatic carbocycles. The molecule has 1 saturated carbocycles. The highest BCUT2D eigenvalue weighted by molar-refractivity contribution is 7.22. The molecule has 0 radical (unpaired) electrons. The molecule has 3 heterocycles. The Morgan fingerprint density at radius 1 is 1.21 bits per heavy atom. The van der Waals surface area contributed by atoms with E-state index in [0.29, 0.717) is 0 Å². The summed E-state index contributed by atoms with van der Waals surface area (Å²) in [6.07, 6.45) is 5.11. The van der Waals surface area contributed by atoms with Crippen LogP contribution in [-0.4, -0.2) is 69.0 Å². The highest BCUT2D eigenvalue weighted by Gasteiger charge is 2.48. The number of anilines is 1. The minimum Gasteiger partial charge on any atom is -0.384 e. The van der Waals surface area contributed by atoms with Crippen molar-refractivity contribution in [3.63, 3.8) is 0 Å². The molecule has 0 bridgehead atoms. The van der Waals surface area contributed by atoms with E-state index in [2.05, 4.69) is 34.1 Å². The number of fused-ring (bicyclic) bond motifs is 2. The molecule has 2 saturated heterocycles. The van der Waals surface area contributed by atoms with Crippen molar-refractivity contribution in [1.82, 2.24) is 9.88 Å². The summed E-state index contributed by atoms with van der Waals surface area (Å²) in [7, 11) is 1.87. The van der Waals surface area contributed by atoms with Gasteiger partial charge in [-0.15, -0.1) is 0 Å². The number of morpholine rings is 1. The van der Waals surface area contributed by atoms with Gasteiger partial charge in [0.15, 0.2) is 5.13 Å². The summed E-state index contributed by atoms with van der Waals surface area (Å²) in [5, 5.41) is 1.19. The highest BCUT2D eigenvalue weighted by atomic mass is 32.1. The van der Waals surface area contributed by atoms with Crippen LogP contribution in [0.2, 0.25) is 0 Å². The molecule has 2 aromatic rings. The molecule has 3 fully saturated rings. The first-order chi connectivity index (χ1) is 13.8. The van der Waals surface area contributed by atoms with Gasteiger partial charge >= 0.3 is 0 Å². The Hall–Kier alpha value is -1.21. The van der Waals surface area contributed by atoms with Crippen molar-refractivity contribution < 1.29 is 9.47 Å². The van der Waals surface area contributed by atoms with Crippen LogP contribution in [0.15, 0.2) is 24.3 Å². The molecule has 5 rings (SSSR count). The molecule has 3 atom stereocenters. The van der Waals surface area contributed by atoms with Gasteiger partial charge in [0.05, 0.1) is 30.0 Å². The molecule has 2 aliphatic heterocycles. The second-order valence-electron chi connectivity index (χ2n) is 8.74. The third-order valence-corrected chi connectivity index (χ3v) is 8.30. The number of ether oxygens (including phenoxy) is 2. The highest BCUT2D eigenvalue weighted by Crippen LogP contribution is 2.49. The molecular formula is C22H31N3O2S. The van der Waals surface area contributed by atoms with Gasteiger partial charge in [-0.2, -0.15) is 0 Å². The summed E-state index contributed by atoms with van der Waals surface area (Å²) in [6.45, 7) is 7.08. The van der Waals surface area contributed by atoms with Crippen LogP contribution in [0.5, 0.6) is 0 Å². The maximum absolute atomic E-state index is 5.79. The first-order valence-corrected chi connectivity index (χ1v) is 11.5. The second-order valence-corrected chi connectivity index (χ2v) is 9.75. The van der Waals surface area contributed by atoms with Gasteiger partial charge in [-0.3, -0.25) is 4.90 Å². The predicted molar refractivity (Wildman–Crippen MR) is 114 cm³/mol. The zero-order valence-corrected chi connectivity index (χ0v) is 17.6. The standard InChI is InChI=1S/C22H31N3O2S/c1-26-16-22-8-6-18(24-10-12-27-13-11-24)14-17(22)7-9-25(15-22)21-23-19-4-2-3-5-20(19)28-21/h2-5,17-18H,6-16H2,1H3/t17-,18-,22+/m0/s1. The summed E-state index contributed by atoms with van der Waals surface area (Å²) < 4.78 is 12.6. The van der Waals surface area contributed by atoms with Gasteiger partial charge in [-0.25, -0.2) is 4.98 Å². The number of methoxy groups -OCH3 is 1. The monoisotopic (exact) mass is 401 g/mol. The smallest absolute Gasteiger partial charge is 0.186 e. The van der Waals surface area contributed by atoms with Gasteiger partial charge in [0.2, 0.25) is 0 Å². The van der Waals surface area contributed by atoms with Crippen LogP contribution in [0.3, 0.4) is 0 Å². The first kappa shape index (κ1) is 18.8. The Balaban J connectivity index is 1.34. The van der Waals surface area contributed by atoms with E-state index in [-0.39, 0.29) is 5.41 Å². The molecule has 6 heteroatoms. The van der Waals surface area contributed by atoms with Crippen molar-refractivity contribution >= 4 is 26.7 Å². The quantitative estimate of drug-likeness (QED) is 0.782. The van der Waals surface area contributed by atoms with Crippen molar-refractivity contribution in [3.8, 4) is 0 Å². The molecule has 1 aromatic heterocycles. The van der Waals surface area contributed by atoms with E-state index in [0.717, 1.165) is 63.5 Å². The van der Waals surface area contributed by atoms with Crippen molar-refractivity contribution in [1.29, 1.82) is 0 Å². The second kappa shape index (κ2) is 7.90. The average Bonchev–Trinajstić information content (AvgIpc) is 3.18. The molecule has 0 amide bonds. The van der Waals surface area contributed by atoms with E-state index in [1.165, 1.54) is 35.5 Å². The zero-order valence-electron chi connectivity index (χ0n) is 16.8. The molecule has 1 aliphatic carbocycles. The SMILES string of the molecule is COC[C@]12CC[C@H](N3CCOCC3)C[C@@H]1CCN(c1nc3ccccc3s1)C2. The summed E-state index contributed by atoms with van der Waals surface area (Å²) in [5.74, 6) is 0.750. The van der Waals surface area contributed by atoms with Gasteiger partial charge in [0, 0.05) is 44.7 Å². The lowest BCUT2D eigenvalue weighted by atomic mass is 9.62. The number of para-hydroxylation sites is 1. The lowest BCUT2D eigenvalue weighted by Gasteiger charge is -2.54. The van der Waals surface area contributed by atoms with Crippen LogP contribution in [0.25, 0.3) is 10.2 Å². The number of nitrogens with zero attached hydrogens (tertiary/aromatic N) is 3. The van der Waals surface area contributed by atoms with E-state index >= 15 is 0 Å². The van der Waals surface area contributed by atoms with Gasteiger partial charge < -0.3 is 14.4 Å². The maximum Gasteiger partial charge on any atom is 0.186 e. The van der Waals surface area contributed by atoms with Gasteiger partial charge in [0.1, 0.15) is 0 Å². The van der Waals surface area contributed by atoms with Crippen molar-refractivity contribution in [3.05, 3.63) is 24.3 Å². The minimum absolute atomic E-state index is 0.271. The van der Waals surface area contributed by atoms with Crippen LogP contribution in [0.1, 0.15) is 25.7 Å². The minimum atomic E-state index is 0.271. The molecule has 5 nitrogen and oxygen atoms in total. The van der Waals surface area contributed by atoms with Crippen LogP contribution in [-0.2, 0) is 9.47 Å². The summed E-state index contributed by atoms with van der Waals surface area (Å²) in [6, 6.07) is 9.23. The molecule has 0 spiro atoms. The van der Waals surface area contributed by atoms with Crippen molar-refractivity contribution in [2.45, 2.75) is 31.7 Å². The third kappa shape index (κ3) is 3.45. The molecular weight excluding hydrogens is 370 g/mol. The topological polar surface area (TPSA) is 37.8 Å². The fourth-order valence-electron chi connectivity index (χ4n) is 5.71. The summed E-state index contributed by atoms with van der Waals surface area (Å²) >= 11 is 1.84. The Bertz CT molecular complexity index is 773. The largest absolute Gasteiger partial charge is 0.384 e. The van der Waals surface area contributed by atoms with E-state index in [4.69, 9.17) is 14.5 Å². The number of hydrogen-bond donors (Lipinski definition) is 0. The number of benzene rings is 1. The first-order valence-electron chi connectivity index (χ1n) is 10.7. The molecule has 152 valence electrons. The third-order valence-electron chi connectivity index (χ3n) is 7.20. The lowest BCUT2D eigenvalue weighted by Crippen LogP contribution is -2.57. The van der Waals surface area contributed by atoms with E-state index < -0.39 is 0 Å². The van der Waals surface area contributed by atoms with Crippen molar-refractivity contribution in [2.75, 3.05) is 58.0 Å². The van der Waals surface area contributed by atoms with E-state index in [1.54, 1.807) is 0 Å². The number of piperidine rings is 1. The van der Waals surface area contributed by atoms with Crippen LogP contribution in [0.4, 0.5) is 5.13 Å². The Morgan fingerprint density at radius 3 is 2.89 bits per heavy atom. The number of thiazole rings is 1. The van der Waals surface area contributed by atoms with Crippen LogP contribution >= 0.6 is 11.3 Å². The summed E-state index contributed by atoms with van der Waals surface area (Å²) in [4.78, 5) is 10.2. The van der Waals surface area contributed by atoms with Gasteiger partial charge in [-0.1, -0.05) is 23.5 Å². The molecule has 28 heavy (non-hydrogen) atoms. The van der Waals surface area contributed by atoms with Crippen molar-refractivity contribution in [2.24, 2.45) is 11.3 Å². The zero-order chi connectivity index (χ0) is 19.0. The number of rotatable bonds is 4. The normalized spacial score (nSPS) is 31.8. The van der Waals surface area contributed by atoms with E-state index in [9.17, 15) is 0 Å². The summed E-state index contributed by atoms with van der Waals surface area (Å²) in [5.41, 5.74) is 1.40. The van der Waals surface area contributed by atoms with Gasteiger partial charge in [-0.05, 0) is 43.7 Å².